The SMILES string of the molecule is CN=C(NCCCCSC)NCCc1ccc(C(F)(F)F)cc1. The van der Waals surface area contributed by atoms with Gasteiger partial charge in [0.25, 0.3) is 0 Å². The van der Waals surface area contributed by atoms with Crippen LogP contribution in [0.25, 0.3) is 0 Å². The van der Waals surface area contributed by atoms with E-state index in [1.54, 1.807) is 7.05 Å². The van der Waals surface area contributed by atoms with Gasteiger partial charge in [-0.2, -0.15) is 24.9 Å². The number of thioether (sulfide) groups is 1. The number of nitrogens with zero attached hydrogens (tertiary/aromatic N) is 1. The summed E-state index contributed by atoms with van der Waals surface area (Å²) >= 11 is 1.84. The molecule has 130 valence electrons. The van der Waals surface area contributed by atoms with Crippen LogP contribution in [0.1, 0.15) is 24.0 Å². The molecule has 1 rings (SSSR count). The first-order valence-corrected chi connectivity index (χ1v) is 8.96. The van der Waals surface area contributed by atoms with Gasteiger partial charge in [0.2, 0.25) is 0 Å². The normalized spacial score (nSPS) is 12.3. The van der Waals surface area contributed by atoms with Gasteiger partial charge in [-0.25, -0.2) is 0 Å². The van der Waals surface area contributed by atoms with Crippen LogP contribution in [0.2, 0.25) is 0 Å². The molecule has 2 N–H and O–H groups in total. The maximum absolute atomic E-state index is 12.5. The Morgan fingerprint density at radius 3 is 2.30 bits per heavy atom. The van der Waals surface area contributed by atoms with E-state index < -0.39 is 11.7 Å². The van der Waals surface area contributed by atoms with E-state index in [4.69, 9.17) is 0 Å². The molecule has 0 spiro atoms. The number of halogens is 3. The zero-order valence-corrected chi connectivity index (χ0v) is 14.4. The van der Waals surface area contributed by atoms with Gasteiger partial charge in [0.15, 0.2) is 5.96 Å². The summed E-state index contributed by atoms with van der Waals surface area (Å²) in [5.41, 5.74) is 0.248. The standard InChI is InChI=1S/C16H24F3N3S/c1-20-15(21-10-3-4-12-23-2)22-11-9-13-5-7-14(8-6-13)16(17,18)19/h5-8H,3-4,9-12H2,1-2H3,(H2,20,21,22). The summed E-state index contributed by atoms with van der Waals surface area (Å²) in [4.78, 5) is 4.12. The van der Waals surface area contributed by atoms with Gasteiger partial charge in [-0.15, -0.1) is 0 Å². The van der Waals surface area contributed by atoms with Gasteiger partial charge in [0.05, 0.1) is 5.56 Å². The minimum absolute atomic E-state index is 0.614. The summed E-state index contributed by atoms with van der Waals surface area (Å²) in [5, 5.41) is 6.39. The molecule has 0 heterocycles. The minimum Gasteiger partial charge on any atom is -0.356 e. The Labute approximate surface area is 140 Å². The van der Waals surface area contributed by atoms with Crippen molar-refractivity contribution in [3.63, 3.8) is 0 Å². The van der Waals surface area contributed by atoms with Gasteiger partial charge in [0, 0.05) is 20.1 Å². The number of alkyl halides is 3. The minimum atomic E-state index is -4.28. The Morgan fingerprint density at radius 2 is 1.74 bits per heavy atom. The summed E-state index contributed by atoms with van der Waals surface area (Å²) in [7, 11) is 1.70. The van der Waals surface area contributed by atoms with Crippen LogP contribution in [-0.4, -0.2) is 38.1 Å². The highest BCUT2D eigenvalue weighted by Crippen LogP contribution is 2.29. The second-order valence-electron chi connectivity index (χ2n) is 5.07. The third kappa shape index (κ3) is 8.16. The van der Waals surface area contributed by atoms with Gasteiger partial charge in [-0.05, 0) is 49.0 Å². The van der Waals surface area contributed by atoms with E-state index in [1.165, 1.54) is 12.1 Å². The zero-order chi connectivity index (χ0) is 17.1. The van der Waals surface area contributed by atoms with Crippen LogP contribution in [0, 0.1) is 0 Å². The molecule has 0 radical (unpaired) electrons. The largest absolute Gasteiger partial charge is 0.416 e. The predicted molar refractivity (Wildman–Crippen MR) is 92.1 cm³/mol. The summed E-state index contributed by atoms with van der Waals surface area (Å²) in [6.45, 7) is 1.48. The fourth-order valence-electron chi connectivity index (χ4n) is 1.98. The Bertz CT molecular complexity index is 472. The van der Waals surface area contributed by atoms with Crippen molar-refractivity contribution in [3.8, 4) is 0 Å². The molecule has 0 aliphatic rings. The van der Waals surface area contributed by atoms with Crippen LogP contribution in [0.4, 0.5) is 13.2 Å². The van der Waals surface area contributed by atoms with Crippen LogP contribution < -0.4 is 10.6 Å². The highest BCUT2D eigenvalue weighted by Gasteiger charge is 2.29. The third-order valence-electron chi connectivity index (χ3n) is 3.28. The first-order valence-electron chi connectivity index (χ1n) is 7.57. The number of nitrogens with one attached hydrogen (secondary N) is 2. The number of benzene rings is 1. The molecule has 0 amide bonds. The lowest BCUT2D eigenvalue weighted by atomic mass is 10.1. The number of hydrogen-bond acceptors (Lipinski definition) is 2. The number of aliphatic imine (C=N–C) groups is 1. The van der Waals surface area contributed by atoms with Gasteiger partial charge in [-0.1, -0.05) is 12.1 Å². The molecule has 0 aromatic heterocycles. The molecule has 0 aliphatic heterocycles. The van der Waals surface area contributed by atoms with E-state index in [0.29, 0.717) is 13.0 Å². The predicted octanol–water partition coefficient (Wildman–Crippen LogP) is 3.56. The monoisotopic (exact) mass is 347 g/mol. The van der Waals surface area contributed by atoms with Crippen molar-refractivity contribution in [2.45, 2.75) is 25.4 Å². The quantitative estimate of drug-likeness (QED) is 0.429. The van der Waals surface area contributed by atoms with Crippen LogP contribution >= 0.6 is 11.8 Å². The molecule has 0 unspecified atom stereocenters. The Morgan fingerprint density at radius 1 is 1.09 bits per heavy atom. The molecule has 23 heavy (non-hydrogen) atoms. The molecule has 0 bridgehead atoms. The second kappa shape index (κ2) is 10.4. The first kappa shape index (κ1) is 19.7. The number of guanidine groups is 1. The highest BCUT2D eigenvalue weighted by atomic mass is 32.2. The van der Waals surface area contributed by atoms with Gasteiger partial charge < -0.3 is 10.6 Å². The molecular weight excluding hydrogens is 323 g/mol. The molecular formula is C16H24F3N3S. The number of unbranched alkanes of at least 4 members (excludes halogenated alkanes) is 1. The topological polar surface area (TPSA) is 36.4 Å². The average molecular weight is 347 g/mol. The number of hydrogen-bond donors (Lipinski definition) is 2. The molecule has 0 aliphatic carbocycles. The molecule has 0 saturated heterocycles. The van der Waals surface area contributed by atoms with Gasteiger partial charge in [-0.3, -0.25) is 4.99 Å². The molecule has 7 heteroatoms. The summed E-state index contributed by atoms with van der Waals surface area (Å²) in [6.07, 6.45) is 0.705. The van der Waals surface area contributed by atoms with E-state index in [9.17, 15) is 13.2 Å². The fraction of sp³-hybridized carbons (Fsp3) is 0.562. The van der Waals surface area contributed by atoms with Crippen molar-refractivity contribution in [3.05, 3.63) is 35.4 Å². The molecule has 1 aromatic rings. The molecule has 3 nitrogen and oxygen atoms in total. The highest BCUT2D eigenvalue weighted by molar-refractivity contribution is 7.98. The van der Waals surface area contributed by atoms with E-state index in [1.807, 2.05) is 11.8 Å². The van der Waals surface area contributed by atoms with Crippen LogP contribution in [-0.2, 0) is 12.6 Å². The zero-order valence-electron chi connectivity index (χ0n) is 13.5. The summed E-state index contributed by atoms with van der Waals surface area (Å²) in [5.74, 6) is 1.88. The lowest BCUT2D eigenvalue weighted by Gasteiger charge is -2.12. The first-order chi connectivity index (χ1) is 11.0. The van der Waals surface area contributed by atoms with E-state index >= 15 is 0 Å². The van der Waals surface area contributed by atoms with E-state index in [2.05, 4.69) is 21.9 Å². The van der Waals surface area contributed by atoms with E-state index in [-0.39, 0.29) is 0 Å². The van der Waals surface area contributed by atoms with Crippen LogP contribution in [0.3, 0.4) is 0 Å². The maximum Gasteiger partial charge on any atom is 0.416 e. The molecule has 0 atom stereocenters. The van der Waals surface area contributed by atoms with Crippen molar-refractivity contribution < 1.29 is 13.2 Å². The molecule has 0 fully saturated rings. The summed E-state index contributed by atoms with van der Waals surface area (Å²) in [6, 6.07) is 5.27. The maximum atomic E-state index is 12.5. The fourth-order valence-corrected chi connectivity index (χ4v) is 2.48. The van der Waals surface area contributed by atoms with Crippen molar-refractivity contribution in [2.24, 2.45) is 4.99 Å². The number of rotatable bonds is 8. The second-order valence-corrected chi connectivity index (χ2v) is 6.06. The third-order valence-corrected chi connectivity index (χ3v) is 3.98. The van der Waals surface area contributed by atoms with Crippen molar-refractivity contribution in [1.29, 1.82) is 0 Å². The Kier molecular flexibility index (Phi) is 8.91. The molecule has 0 saturated carbocycles. The van der Waals surface area contributed by atoms with E-state index in [0.717, 1.165) is 48.8 Å². The molecule has 1 aromatic carbocycles. The smallest absolute Gasteiger partial charge is 0.356 e. The Balaban J connectivity index is 2.29. The lowest BCUT2D eigenvalue weighted by Crippen LogP contribution is -2.38. The van der Waals surface area contributed by atoms with Gasteiger partial charge >= 0.3 is 6.18 Å². The lowest BCUT2D eigenvalue weighted by molar-refractivity contribution is -0.137. The van der Waals surface area contributed by atoms with Crippen molar-refractivity contribution >= 4 is 17.7 Å². The Hall–Kier alpha value is -1.37. The average Bonchev–Trinajstić information content (AvgIpc) is 2.52. The van der Waals surface area contributed by atoms with Crippen molar-refractivity contribution in [1.82, 2.24) is 10.6 Å². The van der Waals surface area contributed by atoms with Crippen LogP contribution in [0.5, 0.6) is 0 Å². The summed E-state index contributed by atoms with van der Waals surface area (Å²) < 4.78 is 37.4. The van der Waals surface area contributed by atoms with Crippen LogP contribution in [0.15, 0.2) is 29.3 Å². The van der Waals surface area contributed by atoms with Crippen molar-refractivity contribution in [2.75, 3.05) is 32.1 Å². The van der Waals surface area contributed by atoms with Gasteiger partial charge in [0.1, 0.15) is 0 Å².